The maximum atomic E-state index is 12.8. The molecule has 0 spiro atoms. The maximum Gasteiger partial charge on any atom is 0.185 e. The zero-order chi connectivity index (χ0) is 18.9. The number of hydrogen-bond donors (Lipinski definition) is 2. The minimum atomic E-state index is 0.0901. The summed E-state index contributed by atoms with van der Waals surface area (Å²) in [7, 11) is 0. The maximum absolute atomic E-state index is 12.8. The zero-order valence-electron chi connectivity index (χ0n) is 15.8. The van der Waals surface area contributed by atoms with Gasteiger partial charge in [-0.15, -0.1) is 0 Å². The van der Waals surface area contributed by atoms with Crippen LogP contribution in [0.1, 0.15) is 47.5 Å². The number of rotatable bonds is 6. The Hall–Kier alpha value is -2.74. The fraction of sp³-hybridized carbons (Fsp3) is 0.500. The van der Waals surface area contributed by atoms with E-state index in [2.05, 4.69) is 30.3 Å². The molecule has 3 aromatic heterocycles. The fourth-order valence-electron chi connectivity index (χ4n) is 4.35. The van der Waals surface area contributed by atoms with Crippen molar-refractivity contribution in [3.05, 3.63) is 35.6 Å². The Bertz CT molecular complexity index is 988. The van der Waals surface area contributed by atoms with Crippen molar-refractivity contribution >= 4 is 22.6 Å². The van der Waals surface area contributed by atoms with E-state index in [0.717, 1.165) is 67.1 Å². The highest BCUT2D eigenvalue weighted by Crippen LogP contribution is 2.30. The molecule has 0 aliphatic carbocycles. The summed E-state index contributed by atoms with van der Waals surface area (Å²) in [5.41, 5.74) is 2.24. The molecule has 8 heteroatoms. The van der Waals surface area contributed by atoms with Crippen LogP contribution >= 0.6 is 0 Å². The summed E-state index contributed by atoms with van der Waals surface area (Å²) in [6.07, 6.45) is 7.91. The fourth-order valence-corrected chi connectivity index (χ4v) is 4.35. The van der Waals surface area contributed by atoms with Crippen LogP contribution in [-0.4, -0.2) is 45.5 Å². The number of carbonyl (C=O) groups is 1. The Kier molecular flexibility index (Phi) is 4.56. The third-order valence-corrected chi connectivity index (χ3v) is 5.90. The Morgan fingerprint density at radius 1 is 1.36 bits per heavy atom. The first-order chi connectivity index (χ1) is 13.8. The van der Waals surface area contributed by atoms with Gasteiger partial charge in [0.1, 0.15) is 23.6 Å². The number of aromatic nitrogens is 4. The Labute approximate surface area is 162 Å². The smallest absolute Gasteiger partial charge is 0.185 e. The number of carbonyl (C=O) groups excluding carboxylic acids is 1. The molecule has 1 atom stereocenters. The molecule has 5 rings (SSSR count). The van der Waals surface area contributed by atoms with E-state index in [9.17, 15) is 4.79 Å². The monoisotopic (exact) mass is 380 g/mol. The summed E-state index contributed by atoms with van der Waals surface area (Å²) in [5.74, 6) is 2.51. The van der Waals surface area contributed by atoms with Gasteiger partial charge in [-0.25, -0.2) is 9.97 Å². The average molecular weight is 380 g/mol. The van der Waals surface area contributed by atoms with Crippen LogP contribution in [-0.2, 0) is 13.0 Å². The van der Waals surface area contributed by atoms with E-state index < -0.39 is 0 Å². The Balaban J connectivity index is 1.31. The van der Waals surface area contributed by atoms with E-state index in [1.165, 1.54) is 6.42 Å². The normalized spacial score (nSPS) is 19.3. The van der Waals surface area contributed by atoms with Gasteiger partial charge >= 0.3 is 0 Å². The highest BCUT2D eigenvalue weighted by atomic mass is 16.5. The molecule has 0 saturated carbocycles. The molecule has 0 aromatic carbocycles. The largest absolute Gasteiger partial charge is 0.360 e. The number of fused-ring (bicyclic) bond motifs is 2. The summed E-state index contributed by atoms with van der Waals surface area (Å²) in [6, 6.07) is 1.98. The van der Waals surface area contributed by atoms with E-state index in [0.29, 0.717) is 24.6 Å². The molecule has 28 heavy (non-hydrogen) atoms. The molecule has 1 fully saturated rings. The minimum Gasteiger partial charge on any atom is -0.360 e. The topological polar surface area (TPSA) is 99.9 Å². The Morgan fingerprint density at radius 3 is 3.21 bits per heavy atom. The van der Waals surface area contributed by atoms with Gasteiger partial charge in [0.05, 0.1) is 11.9 Å². The van der Waals surface area contributed by atoms with Crippen molar-refractivity contribution in [3.8, 4) is 0 Å². The van der Waals surface area contributed by atoms with E-state index in [4.69, 9.17) is 4.52 Å². The van der Waals surface area contributed by atoms with Crippen LogP contribution in [0, 0.1) is 5.92 Å². The number of H-pyrrole nitrogens is 1. The van der Waals surface area contributed by atoms with Gasteiger partial charge in [0.15, 0.2) is 11.5 Å². The molecule has 2 aliphatic heterocycles. The van der Waals surface area contributed by atoms with Gasteiger partial charge < -0.3 is 19.7 Å². The minimum absolute atomic E-state index is 0.0901. The predicted molar refractivity (Wildman–Crippen MR) is 104 cm³/mol. The van der Waals surface area contributed by atoms with E-state index >= 15 is 0 Å². The number of Topliss-reactive ketones (excluding diaryl/α,β-unsaturated/α-hetero) is 1. The Morgan fingerprint density at radius 2 is 2.32 bits per heavy atom. The van der Waals surface area contributed by atoms with Gasteiger partial charge in [0, 0.05) is 31.1 Å². The highest BCUT2D eigenvalue weighted by Gasteiger charge is 2.29. The molecule has 2 aliphatic rings. The second-order valence-electron chi connectivity index (χ2n) is 7.72. The summed E-state index contributed by atoms with van der Waals surface area (Å²) in [4.78, 5) is 26.8. The number of nitrogens with one attached hydrogen (secondary N) is 2. The van der Waals surface area contributed by atoms with Gasteiger partial charge in [-0.1, -0.05) is 5.16 Å². The third kappa shape index (κ3) is 3.17. The van der Waals surface area contributed by atoms with Crippen molar-refractivity contribution in [2.24, 2.45) is 5.92 Å². The van der Waals surface area contributed by atoms with Crippen molar-refractivity contribution in [3.63, 3.8) is 0 Å². The second-order valence-corrected chi connectivity index (χ2v) is 7.72. The van der Waals surface area contributed by atoms with Gasteiger partial charge in [-0.05, 0) is 44.3 Å². The standard InChI is InChI=1S/C20H24N6O2/c27-16(3-1-2-13-4-7-21-10-13)18-15-11-26(9-6-17(15)28-25-18)20-14-5-8-22-19(14)23-12-24-20/h5,8,12-13,21H,1-4,6-7,9-11H2,(H,22,23,24). The molecule has 1 unspecified atom stereocenters. The van der Waals surface area contributed by atoms with Crippen molar-refractivity contribution < 1.29 is 9.32 Å². The SMILES string of the molecule is O=C(CCCC1CCNC1)c1noc2c1CN(c1ncnc3[nH]ccc13)CC2. The number of hydrogen-bond acceptors (Lipinski definition) is 7. The van der Waals surface area contributed by atoms with E-state index in [1.807, 2.05) is 12.3 Å². The molecule has 0 radical (unpaired) electrons. The first kappa shape index (κ1) is 17.4. The van der Waals surface area contributed by atoms with Crippen LogP contribution in [0.15, 0.2) is 23.1 Å². The van der Waals surface area contributed by atoms with Crippen LogP contribution in [0.2, 0.25) is 0 Å². The van der Waals surface area contributed by atoms with Crippen LogP contribution in [0.4, 0.5) is 5.82 Å². The quantitative estimate of drug-likeness (QED) is 0.634. The van der Waals surface area contributed by atoms with Crippen LogP contribution < -0.4 is 10.2 Å². The van der Waals surface area contributed by atoms with Gasteiger partial charge in [0.25, 0.3) is 0 Å². The molecule has 8 nitrogen and oxygen atoms in total. The summed E-state index contributed by atoms with van der Waals surface area (Å²) >= 11 is 0. The van der Waals surface area contributed by atoms with Gasteiger partial charge in [-0.2, -0.15) is 0 Å². The molecule has 146 valence electrons. The van der Waals surface area contributed by atoms with Crippen molar-refractivity contribution in [2.45, 2.75) is 38.6 Å². The molecule has 3 aromatic rings. The molecule has 5 heterocycles. The van der Waals surface area contributed by atoms with Gasteiger partial charge in [-0.3, -0.25) is 4.79 Å². The first-order valence-electron chi connectivity index (χ1n) is 10.0. The van der Waals surface area contributed by atoms with Crippen molar-refractivity contribution in [1.29, 1.82) is 0 Å². The molecular formula is C20H24N6O2. The molecule has 2 N–H and O–H groups in total. The molecule has 1 saturated heterocycles. The molecule has 0 bridgehead atoms. The molecule has 0 amide bonds. The number of aromatic amines is 1. The lowest BCUT2D eigenvalue weighted by Gasteiger charge is -2.27. The summed E-state index contributed by atoms with van der Waals surface area (Å²) < 4.78 is 5.50. The lowest BCUT2D eigenvalue weighted by atomic mass is 9.97. The van der Waals surface area contributed by atoms with Crippen LogP contribution in [0.25, 0.3) is 11.0 Å². The van der Waals surface area contributed by atoms with Crippen molar-refractivity contribution in [2.75, 3.05) is 24.5 Å². The number of anilines is 1. The van der Waals surface area contributed by atoms with Crippen LogP contribution in [0.3, 0.4) is 0 Å². The predicted octanol–water partition coefficient (Wildman–Crippen LogP) is 2.47. The number of nitrogens with zero attached hydrogens (tertiary/aromatic N) is 4. The zero-order valence-corrected chi connectivity index (χ0v) is 15.8. The summed E-state index contributed by atoms with van der Waals surface area (Å²) in [5, 5.41) is 8.49. The summed E-state index contributed by atoms with van der Waals surface area (Å²) in [6.45, 7) is 3.54. The van der Waals surface area contributed by atoms with Crippen molar-refractivity contribution in [1.82, 2.24) is 25.4 Å². The third-order valence-electron chi connectivity index (χ3n) is 5.90. The van der Waals surface area contributed by atoms with Gasteiger partial charge in [0.2, 0.25) is 0 Å². The van der Waals surface area contributed by atoms with E-state index in [1.54, 1.807) is 6.33 Å². The lowest BCUT2D eigenvalue weighted by molar-refractivity contribution is 0.0968. The number of ketones is 1. The second kappa shape index (κ2) is 7.35. The first-order valence-corrected chi connectivity index (χ1v) is 10.0. The van der Waals surface area contributed by atoms with E-state index in [-0.39, 0.29) is 5.78 Å². The molecular weight excluding hydrogens is 356 g/mol. The highest BCUT2D eigenvalue weighted by molar-refractivity contribution is 5.96. The lowest BCUT2D eigenvalue weighted by Crippen LogP contribution is -2.31. The van der Waals surface area contributed by atoms with Crippen LogP contribution in [0.5, 0.6) is 0 Å². The average Bonchev–Trinajstić information content (AvgIpc) is 3.46.